The second-order valence-corrected chi connectivity index (χ2v) is 9.11. The van der Waals surface area contributed by atoms with E-state index in [4.69, 9.17) is 4.74 Å². The number of hydrogen-bond acceptors (Lipinski definition) is 7. The highest BCUT2D eigenvalue weighted by Crippen LogP contribution is 2.38. The van der Waals surface area contributed by atoms with Crippen LogP contribution in [-0.4, -0.2) is 77.6 Å². The maximum Gasteiger partial charge on any atom is 0.289 e. The molecular weight excluding hydrogens is 444 g/mol. The minimum atomic E-state index is -0.327. The molecule has 0 radical (unpaired) electrons. The fourth-order valence-corrected chi connectivity index (χ4v) is 4.36. The van der Waals surface area contributed by atoms with Gasteiger partial charge in [0.25, 0.3) is 5.91 Å². The average Bonchev–Trinajstić information content (AvgIpc) is 3.29. The number of nitrogens with zero attached hydrogens (tertiary/aromatic N) is 5. The standard InChI is InChI=1S/C26H34N6O3/c1-6-27-26(34)25-29-28-24(21-15-20(17(2)3)23(35-5)16-22(21)33)32(25)19-9-7-18(8-10-19)31-13-11-30(4)12-14-31/h7-10,15-17,33H,6,11-14H2,1-5H3,(H,27,34). The highest BCUT2D eigenvalue weighted by Gasteiger charge is 2.25. The number of carbonyl (C=O) groups is 1. The van der Waals surface area contributed by atoms with E-state index in [0.29, 0.717) is 23.7 Å². The van der Waals surface area contributed by atoms with E-state index in [1.54, 1.807) is 17.7 Å². The van der Waals surface area contributed by atoms with Gasteiger partial charge in [-0.15, -0.1) is 10.2 Å². The molecule has 0 bridgehead atoms. The summed E-state index contributed by atoms with van der Waals surface area (Å²) in [5, 5.41) is 22.2. The van der Waals surface area contributed by atoms with Crippen LogP contribution in [0.15, 0.2) is 36.4 Å². The number of aromatic hydroxyl groups is 1. The third-order valence-corrected chi connectivity index (χ3v) is 6.39. The molecule has 186 valence electrons. The summed E-state index contributed by atoms with van der Waals surface area (Å²) in [5.41, 5.74) is 3.29. The lowest BCUT2D eigenvalue weighted by molar-refractivity contribution is 0.0943. The Morgan fingerprint density at radius 3 is 2.34 bits per heavy atom. The monoisotopic (exact) mass is 478 g/mol. The molecule has 0 spiro atoms. The molecule has 2 heterocycles. The van der Waals surface area contributed by atoms with E-state index in [9.17, 15) is 9.90 Å². The maximum absolute atomic E-state index is 12.9. The van der Waals surface area contributed by atoms with Gasteiger partial charge in [-0.1, -0.05) is 13.8 Å². The van der Waals surface area contributed by atoms with Crippen LogP contribution in [0, 0.1) is 0 Å². The molecule has 1 saturated heterocycles. The summed E-state index contributed by atoms with van der Waals surface area (Å²) in [7, 11) is 3.72. The number of amides is 1. The van der Waals surface area contributed by atoms with Crippen LogP contribution in [0.25, 0.3) is 17.1 Å². The van der Waals surface area contributed by atoms with Gasteiger partial charge in [0.15, 0.2) is 5.82 Å². The van der Waals surface area contributed by atoms with Crippen molar-refractivity contribution < 1.29 is 14.6 Å². The van der Waals surface area contributed by atoms with Crippen molar-refractivity contribution in [1.82, 2.24) is 25.0 Å². The zero-order valence-corrected chi connectivity index (χ0v) is 21.1. The number of phenols is 1. The zero-order chi connectivity index (χ0) is 25.1. The predicted octanol–water partition coefficient (Wildman–Crippen LogP) is 3.27. The third kappa shape index (κ3) is 4.95. The van der Waals surface area contributed by atoms with E-state index in [2.05, 4.69) is 58.3 Å². The molecule has 0 atom stereocenters. The van der Waals surface area contributed by atoms with Crippen molar-refractivity contribution in [3.05, 3.63) is 47.8 Å². The largest absolute Gasteiger partial charge is 0.507 e. The summed E-state index contributed by atoms with van der Waals surface area (Å²) in [4.78, 5) is 17.5. The Hall–Kier alpha value is -3.59. The molecule has 1 fully saturated rings. The number of anilines is 1. The maximum atomic E-state index is 12.9. The van der Waals surface area contributed by atoms with Gasteiger partial charge in [0, 0.05) is 50.2 Å². The van der Waals surface area contributed by atoms with Crippen LogP contribution in [0.5, 0.6) is 11.5 Å². The Bertz CT molecular complexity index is 1180. The van der Waals surface area contributed by atoms with Crippen molar-refractivity contribution in [2.24, 2.45) is 0 Å². The van der Waals surface area contributed by atoms with Gasteiger partial charge in [-0.3, -0.25) is 9.36 Å². The number of methoxy groups -OCH3 is 1. The van der Waals surface area contributed by atoms with Gasteiger partial charge >= 0.3 is 0 Å². The normalized spacial score (nSPS) is 14.4. The number of phenolic OH excluding ortho intramolecular Hbond substituents is 1. The Morgan fingerprint density at radius 1 is 1.09 bits per heavy atom. The fraction of sp³-hybridized carbons (Fsp3) is 0.423. The van der Waals surface area contributed by atoms with Crippen LogP contribution in [0.1, 0.15) is 42.9 Å². The van der Waals surface area contributed by atoms with E-state index < -0.39 is 0 Å². The topological polar surface area (TPSA) is 95.8 Å². The van der Waals surface area contributed by atoms with E-state index >= 15 is 0 Å². The van der Waals surface area contributed by atoms with Crippen LogP contribution in [0.3, 0.4) is 0 Å². The van der Waals surface area contributed by atoms with Gasteiger partial charge in [-0.05, 0) is 55.8 Å². The predicted molar refractivity (Wildman–Crippen MR) is 137 cm³/mol. The second kappa shape index (κ2) is 10.4. The van der Waals surface area contributed by atoms with Crippen molar-refractivity contribution in [3.8, 4) is 28.6 Å². The van der Waals surface area contributed by atoms with Gasteiger partial charge in [-0.2, -0.15) is 0 Å². The summed E-state index contributed by atoms with van der Waals surface area (Å²) in [6.45, 7) is 10.4. The quantitative estimate of drug-likeness (QED) is 0.538. The van der Waals surface area contributed by atoms with Crippen molar-refractivity contribution in [2.45, 2.75) is 26.7 Å². The molecular formula is C26H34N6O3. The number of aromatic nitrogens is 3. The highest BCUT2D eigenvalue weighted by atomic mass is 16.5. The lowest BCUT2D eigenvalue weighted by Crippen LogP contribution is -2.44. The van der Waals surface area contributed by atoms with E-state index in [0.717, 1.165) is 43.1 Å². The zero-order valence-electron chi connectivity index (χ0n) is 21.1. The molecule has 1 aliphatic rings. The molecule has 3 aromatic rings. The van der Waals surface area contributed by atoms with Crippen molar-refractivity contribution >= 4 is 11.6 Å². The fourth-order valence-electron chi connectivity index (χ4n) is 4.36. The Morgan fingerprint density at radius 2 is 1.74 bits per heavy atom. The number of ether oxygens (including phenoxy) is 1. The van der Waals surface area contributed by atoms with Gasteiger partial charge in [0.1, 0.15) is 11.5 Å². The molecule has 0 aliphatic carbocycles. The minimum Gasteiger partial charge on any atom is -0.507 e. The summed E-state index contributed by atoms with van der Waals surface area (Å²) < 4.78 is 7.17. The summed E-state index contributed by atoms with van der Waals surface area (Å²) in [6, 6.07) is 11.5. The first kappa shape index (κ1) is 24.5. The molecule has 9 nitrogen and oxygen atoms in total. The second-order valence-electron chi connectivity index (χ2n) is 9.11. The Balaban J connectivity index is 1.80. The molecule has 1 amide bonds. The first-order chi connectivity index (χ1) is 16.8. The first-order valence-electron chi connectivity index (χ1n) is 12.0. The minimum absolute atomic E-state index is 0.0106. The van der Waals surface area contributed by atoms with E-state index in [1.807, 2.05) is 25.1 Å². The number of likely N-dealkylation sites (N-methyl/N-ethyl adjacent to an activating group) is 1. The number of benzene rings is 2. The van der Waals surface area contributed by atoms with E-state index in [1.165, 1.54) is 0 Å². The summed E-state index contributed by atoms with van der Waals surface area (Å²) >= 11 is 0. The number of carbonyl (C=O) groups excluding carboxylic acids is 1. The number of hydrogen-bond donors (Lipinski definition) is 2. The Labute approximate surface area is 206 Å². The third-order valence-electron chi connectivity index (χ3n) is 6.39. The number of piperazine rings is 1. The van der Waals surface area contributed by atoms with Crippen molar-refractivity contribution in [1.29, 1.82) is 0 Å². The van der Waals surface area contributed by atoms with Crippen LogP contribution in [0.2, 0.25) is 0 Å². The Kier molecular flexibility index (Phi) is 7.25. The SMILES string of the molecule is CCNC(=O)c1nnc(-c2cc(C(C)C)c(OC)cc2O)n1-c1ccc(N2CCN(C)CC2)cc1. The highest BCUT2D eigenvalue weighted by molar-refractivity contribution is 5.92. The van der Waals surface area contributed by atoms with Gasteiger partial charge in [0.2, 0.25) is 5.82 Å². The summed E-state index contributed by atoms with van der Waals surface area (Å²) in [6.07, 6.45) is 0. The molecule has 1 aromatic heterocycles. The number of nitrogens with one attached hydrogen (secondary N) is 1. The average molecular weight is 479 g/mol. The van der Waals surface area contributed by atoms with Crippen LogP contribution >= 0.6 is 0 Å². The molecule has 2 N–H and O–H groups in total. The molecule has 0 unspecified atom stereocenters. The van der Waals surface area contributed by atoms with Crippen LogP contribution < -0.4 is 15.0 Å². The molecule has 4 rings (SSSR count). The summed E-state index contributed by atoms with van der Waals surface area (Å²) in [5.74, 6) is 0.998. The van der Waals surface area contributed by atoms with Gasteiger partial charge in [-0.25, -0.2) is 0 Å². The van der Waals surface area contributed by atoms with Gasteiger partial charge < -0.3 is 25.0 Å². The van der Waals surface area contributed by atoms with Crippen molar-refractivity contribution in [3.63, 3.8) is 0 Å². The molecule has 35 heavy (non-hydrogen) atoms. The van der Waals surface area contributed by atoms with Crippen molar-refractivity contribution in [2.75, 3.05) is 51.8 Å². The molecule has 9 heteroatoms. The smallest absolute Gasteiger partial charge is 0.289 e. The van der Waals surface area contributed by atoms with Gasteiger partial charge in [0.05, 0.1) is 12.7 Å². The molecule has 1 aliphatic heterocycles. The lowest BCUT2D eigenvalue weighted by atomic mass is 9.98. The molecule has 0 saturated carbocycles. The first-order valence-corrected chi connectivity index (χ1v) is 12.0. The number of rotatable bonds is 7. The molecule has 2 aromatic carbocycles. The lowest BCUT2D eigenvalue weighted by Gasteiger charge is -2.34. The van der Waals surface area contributed by atoms with E-state index in [-0.39, 0.29) is 23.4 Å². The van der Waals surface area contributed by atoms with Crippen LogP contribution in [-0.2, 0) is 0 Å². The van der Waals surface area contributed by atoms with Crippen LogP contribution in [0.4, 0.5) is 5.69 Å².